The second-order valence-electron chi connectivity index (χ2n) is 8.31. The quantitative estimate of drug-likeness (QED) is 0.614. The molecule has 2 heterocycles. The van der Waals surface area contributed by atoms with E-state index < -0.39 is 12.0 Å². The maximum Gasteiger partial charge on any atom is 0.266 e. The number of rotatable bonds is 7. The topological polar surface area (TPSA) is 49.9 Å². The van der Waals surface area contributed by atoms with Crippen LogP contribution in [0.5, 0.6) is 0 Å². The smallest absolute Gasteiger partial charge is 0.266 e. The van der Waals surface area contributed by atoms with E-state index in [1.807, 2.05) is 66.6 Å². The monoisotopic (exact) mass is 406 g/mol. The number of imide groups is 1. The number of fused-ring (bicyclic) bond motifs is 1. The molecular formula is C25H30N2O3. The summed E-state index contributed by atoms with van der Waals surface area (Å²) in [5.41, 5.74) is 2.47. The summed E-state index contributed by atoms with van der Waals surface area (Å²) >= 11 is 0. The number of hydroxylamine groups is 1. The lowest BCUT2D eigenvalue weighted by atomic mass is 9.82. The average molecular weight is 407 g/mol. The third-order valence-electron chi connectivity index (χ3n) is 6.46. The van der Waals surface area contributed by atoms with Crippen LogP contribution in [-0.2, 0) is 14.4 Å². The summed E-state index contributed by atoms with van der Waals surface area (Å²) in [6.07, 6.45) is 3.38. The molecule has 0 saturated carbocycles. The molecule has 4 rings (SSSR count). The zero-order valence-corrected chi connectivity index (χ0v) is 18.0. The van der Waals surface area contributed by atoms with Gasteiger partial charge in [0, 0.05) is 0 Å². The van der Waals surface area contributed by atoms with Crippen molar-refractivity contribution in [2.24, 2.45) is 11.8 Å². The van der Waals surface area contributed by atoms with Gasteiger partial charge in [0.15, 0.2) is 6.10 Å². The van der Waals surface area contributed by atoms with Gasteiger partial charge in [-0.3, -0.25) is 14.4 Å². The van der Waals surface area contributed by atoms with Crippen LogP contribution in [0.25, 0.3) is 0 Å². The van der Waals surface area contributed by atoms with Gasteiger partial charge >= 0.3 is 0 Å². The Morgan fingerprint density at radius 2 is 1.67 bits per heavy atom. The summed E-state index contributed by atoms with van der Waals surface area (Å²) in [4.78, 5) is 34.6. The molecule has 2 aromatic carbocycles. The molecule has 2 aliphatic heterocycles. The van der Waals surface area contributed by atoms with Crippen LogP contribution in [0.2, 0.25) is 0 Å². The van der Waals surface area contributed by atoms with Crippen LogP contribution in [0.15, 0.2) is 54.6 Å². The maximum absolute atomic E-state index is 13.6. The second kappa shape index (κ2) is 8.60. The first-order valence-corrected chi connectivity index (χ1v) is 11.0. The molecule has 2 saturated heterocycles. The Labute approximate surface area is 178 Å². The number of aryl methyl sites for hydroxylation is 1. The van der Waals surface area contributed by atoms with Gasteiger partial charge in [0.05, 0.1) is 23.3 Å². The number of para-hydroxylation sites is 2. The molecule has 158 valence electrons. The van der Waals surface area contributed by atoms with E-state index >= 15 is 0 Å². The molecule has 30 heavy (non-hydrogen) atoms. The number of anilines is 2. The number of hydrogen-bond acceptors (Lipinski definition) is 4. The number of benzene rings is 2. The Kier molecular flexibility index (Phi) is 5.91. The van der Waals surface area contributed by atoms with E-state index in [9.17, 15) is 9.59 Å². The van der Waals surface area contributed by atoms with Crippen LogP contribution >= 0.6 is 0 Å². The predicted octanol–water partition coefficient (Wildman–Crippen LogP) is 4.89. The maximum atomic E-state index is 13.6. The molecule has 0 aliphatic carbocycles. The van der Waals surface area contributed by atoms with E-state index in [2.05, 4.69) is 13.8 Å². The van der Waals surface area contributed by atoms with Crippen LogP contribution < -0.4 is 9.96 Å². The molecule has 2 aromatic rings. The number of carbonyl (C=O) groups is 2. The molecule has 0 spiro atoms. The van der Waals surface area contributed by atoms with Crippen LogP contribution in [0.1, 0.15) is 45.1 Å². The third kappa shape index (κ3) is 3.41. The molecule has 0 unspecified atom stereocenters. The van der Waals surface area contributed by atoms with Crippen molar-refractivity contribution in [1.29, 1.82) is 0 Å². The molecule has 4 atom stereocenters. The average Bonchev–Trinajstić information content (AvgIpc) is 3.27. The summed E-state index contributed by atoms with van der Waals surface area (Å²) in [5.74, 6) is -0.612. The van der Waals surface area contributed by atoms with E-state index in [1.165, 1.54) is 4.90 Å². The minimum absolute atomic E-state index is 0.141. The van der Waals surface area contributed by atoms with Gasteiger partial charge in [0.2, 0.25) is 5.91 Å². The molecule has 0 N–H and O–H groups in total. The molecule has 5 nitrogen and oxygen atoms in total. The third-order valence-corrected chi connectivity index (χ3v) is 6.46. The van der Waals surface area contributed by atoms with E-state index in [4.69, 9.17) is 4.84 Å². The summed E-state index contributed by atoms with van der Waals surface area (Å²) in [5, 5.41) is 1.85. The number of carbonyl (C=O) groups excluding carboxylic acids is 2. The van der Waals surface area contributed by atoms with E-state index in [0.29, 0.717) is 5.69 Å². The van der Waals surface area contributed by atoms with Crippen molar-refractivity contribution in [3.63, 3.8) is 0 Å². The van der Waals surface area contributed by atoms with Gasteiger partial charge in [-0.05, 0) is 43.0 Å². The highest BCUT2D eigenvalue weighted by Crippen LogP contribution is 2.44. The summed E-state index contributed by atoms with van der Waals surface area (Å²) < 4.78 is 0. The van der Waals surface area contributed by atoms with Crippen LogP contribution in [-0.4, -0.2) is 24.0 Å². The normalized spacial score (nSPS) is 24.4. The van der Waals surface area contributed by atoms with Crippen molar-refractivity contribution in [2.75, 3.05) is 9.96 Å². The predicted molar refractivity (Wildman–Crippen MR) is 118 cm³/mol. The van der Waals surface area contributed by atoms with Gasteiger partial charge < -0.3 is 0 Å². The first-order valence-electron chi connectivity index (χ1n) is 11.0. The SMILES string of the molecule is CCCC[C@H](CC)[C@@H]1[C@@H]2C(=O)N(c3ccccc3C)C(=O)[C@@H]2ON1c1ccccc1. The molecule has 0 aromatic heterocycles. The van der Waals surface area contributed by atoms with Crippen LogP contribution in [0.3, 0.4) is 0 Å². The van der Waals surface area contributed by atoms with E-state index in [-0.39, 0.29) is 23.8 Å². The Bertz CT molecular complexity index is 914. The zero-order chi connectivity index (χ0) is 21.3. The van der Waals surface area contributed by atoms with Gasteiger partial charge in [0.1, 0.15) is 0 Å². The summed E-state index contributed by atoms with van der Waals surface area (Å²) in [6, 6.07) is 17.2. The molecule has 0 radical (unpaired) electrons. The van der Waals surface area contributed by atoms with Gasteiger partial charge in [-0.15, -0.1) is 0 Å². The molecule has 2 amide bonds. The minimum atomic E-state index is -0.766. The first-order chi connectivity index (χ1) is 14.6. The van der Waals surface area contributed by atoms with Crippen molar-refractivity contribution in [2.45, 2.75) is 58.6 Å². The Morgan fingerprint density at radius 3 is 2.33 bits per heavy atom. The molecular weight excluding hydrogens is 376 g/mol. The summed E-state index contributed by atoms with van der Waals surface area (Å²) in [6.45, 7) is 6.27. The lowest BCUT2D eigenvalue weighted by Crippen LogP contribution is -2.44. The van der Waals surface area contributed by atoms with Gasteiger partial charge in [-0.25, -0.2) is 9.96 Å². The summed E-state index contributed by atoms with van der Waals surface area (Å²) in [7, 11) is 0. The minimum Gasteiger partial charge on any atom is -0.273 e. The number of nitrogens with zero attached hydrogens (tertiary/aromatic N) is 2. The molecule has 0 bridgehead atoms. The highest BCUT2D eigenvalue weighted by Gasteiger charge is 2.61. The van der Waals surface area contributed by atoms with Gasteiger partial charge in [-0.2, -0.15) is 0 Å². The fraction of sp³-hybridized carbons (Fsp3) is 0.440. The lowest BCUT2D eigenvalue weighted by molar-refractivity contribution is -0.126. The first kappa shape index (κ1) is 20.6. The molecule has 2 aliphatic rings. The van der Waals surface area contributed by atoms with Gasteiger partial charge in [0.25, 0.3) is 5.91 Å². The van der Waals surface area contributed by atoms with Crippen molar-refractivity contribution in [1.82, 2.24) is 0 Å². The fourth-order valence-corrected chi connectivity index (χ4v) is 4.87. The van der Waals surface area contributed by atoms with Crippen molar-refractivity contribution in [3.05, 3.63) is 60.2 Å². The number of hydrogen-bond donors (Lipinski definition) is 0. The fourth-order valence-electron chi connectivity index (χ4n) is 4.87. The Balaban J connectivity index is 1.73. The van der Waals surface area contributed by atoms with E-state index in [0.717, 1.165) is 36.9 Å². The highest BCUT2D eigenvalue weighted by atomic mass is 16.7. The van der Waals surface area contributed by atoms with Crippen LogP contribution in [0, 0.1) is 18.8 Å². The van der Waals surface area contributed by atoms with Crippen molar-refractivity contribution < 1.29 is 14.4 Å². The Morgan fingerprint density at radius 1 is 0.967 bits per heavy atom. The number of unbranched alkanes of at least 4 members (excludes halogenated alkanes) is 1. The lowest BCUT2D eigenvalue weighted by Gasteiger charge is -2.34. The molecule has 2 fully saturated rings. The highest BCUT2D eigenvalue weighted by molar-refractivity contribution is 6.24. The van der Waals surface area contributed by atoms with Crippen molar-refractivity contribution >= 4 is 23.2 Å². The zero-order valence-electron chi connectivity index (χ0n) is 18.0. The standard InChI is InChI=1S/C25H30N2O3/c1-4-6-13-18(5-2)22-21-23(30-27(22)19-14-8-7-9-15-19)25(29)26(24(21)28)20-16-11-10-12-17(20)3/h7-12,14-16,18,21-23H,4-6,13H2,1-3H3/t18-,21-,22+,23+/m0/s1. The molecule has 5 heteroatoms. The number of amides is 2. The van der Waals surface area contributed by atoms with Gasteiger partial charge in [-0.1, -0.05) is 69.5 Å². The van der Waals surface area contributed by atoms with Crippen molar-refractivity contribution in [3.8, 4) is 0 Å². The second-order valence-corrected chi connectivity index (χ2v) is 8.31. The Hall–Kier alpha value is -2.66. The van der Waals surface area contributed by atoms with Crippen LogP contribution in [0.4, 0.5) is 11.4 Å². The van der Waals surface area contributed by atoms with E-state index in [1.54, 1.807) is 0 Å². The largest absolute Gasteiger partial charge is 0.273 e.